The van der Waals surface area contributed by atoms with Gasteiger partial charge in [0.25, 0.3) is 0 Å². The number of nitrogens with two attached hydrogens (primary N) is 1. The Labute approximate surface area is 120 Å². The van der Waals surface area contributed by atoms with E-state index in [4.69, 9.17) is 10.5 Å². The van der Waals surface area contributed by atoms with Gasteiger partial charge in [0, 0.05) is 13.1 Å². The van der Waals surface area contributed by atoms with Crippen molar-refractivity contribution in [3.63, 3.8) is 0 Å². The molecule has 0 spiro atoms. The van der Waals surface area contributed by atoms with Gasteiger partial charge in [0.05, 0.1) is 11.3 Å². The van der Waals surface area contributed by atoms with E-state index in [1.165, 1.54) is 0 Å². The highest BCUT2D eigenvalue weighted by Gasteiger charge is 2.29. The maximum absolute atomic E-state index is 10.0. The Kier molecular flexibility index (Phi) is 4.86. The molecule has 2 unspecified atom stereocenters. The molecule has 5 nitrogen and oxygen atoms in total. The number of hydrogen-bond donors (Lipinski definition) is 3. The highest BCUT2D eigenvalue weighted by atomic mass is 16.5. The van der Waals surface area contributed by atoms with E-state index in [0.29, 0.717) is 24.5 Å². The Morgan fingerprint density at radius 3 is 2.90 bits per heavy atom. The second kappa shape index (κ2) is 6.43. The number of nitrogen functional groups attached to an aromatic ring is 1. The quantitative estimate of drug-likeness (QED) is 0.697. The number of likely N-dealkylation sites (tertiary alicyclic amines) is 1. The molecule has 1 aliphatic heterocycles. The number of benzene rings is 1. The van der Waals surface area contributed by atoms with Crippen LogP contribution in [-0.4, -0.2) is 53.1 Å². The van der Waals surface area contributed by atoms with E-state index >= 15 is 0 Å². The third kappa shape index (κ3) is 4.37. The molecule has 5 heteroatoms. The van der Waals surface area contributed by atoms with E-state index in [0.717, 1.165) is 19.4 Å². The average molecular weight is 280 g/mol. The monoisotopic (exact) mass is 280 g/mol. The van der Waals surface area contributed by atoms with Gasteiger partial charge in [0.15, 0.2) is 0 Å². The summed E-state index contributed by atoms with van der Waals surface area (Å²) >= 11 is 0. The van der Waals surface area contributed by atoms with Crippen LogP contribution < -0.4 is 10.5 Å². The zero-order chi connectivity index (χ0) is 14.6. The first-order chi connectivity index (χ1) is 9.46. The molecule has 0 aromatic heterocycles. The van der Waals surface area contributed by atoms with Crippen molar-refractivity contribution in [3.05, 3.63) is 24.3 Å². The first-order valence-corrected chi connectivity index (χ1v) is 7.06. The van der Waals surface area contributed by atoms with Crippen LogP contribution >= 0.6 is 0 Å². The minimum Gasteiger partial charge on any atom is -0.489 e. The summed E-state index contributed by atoms with van der Waals surface area (Å²) in [5.74, 6) is 0.595. The zero-order valence-electron chi connectivity index (χ0n) is 12.0. The van der Waals surface area contributed by atoms with E-state index in [2.05, 4.69) is 4.90 Å². The van der Waals surface area contributed by atoms with Crippen LogP contribution in [0.3, 0.4) is 0 Å². The van der Waals surface area contributed by atoms with Crippen molar-refractivity contribution in [2.75, 3.05) is 32.0 Å². The van der Waals surface area contributed by atoms with Gasteiger partial charge in [0.1, 0.15) is 18.5 Å². The third-order valence-electron chi connectivity index (χ3n) is 3.57. The molecule has 20 heavy (non-hydrogen) atoms. The van der Waals surface area contributed by atoms with Gasteiger partial charge in [0.2, 0.25) is 0 Å². The van der Waals surface area contributed by atoms with E-state index in [-0.39, 0.29) is 6.61 Å². The summed E-state index contributed by atoms with van der Waals surface area (Å²) in [6.45, 7) is 4.04. The summed E-state index contributed by atoms with van der Waals surface area (Å²) in [7, 11) is 0. The van der Waals surface area contributed by atoms with Gasteiger partial charge in [-0.2, -0.15) is 0 Å². The molecule has 1 aliphatic rings. The van der Waals surface area contributed by atoms with Crippen molar-refractivity contribution in [2.24, 2.45) is 0 Å². The lowest BCUT2D eigenvalue weighted by Crippen LogP contribution is -2.49. The Hall–Kier alpha value is -1.30. The summed E-state index contributed by atoms with van der Waals surface area (Å²) in [6, 6.07) is 7.24. The maximum Gasteiger partial charge on any atom is 0.142 e. The topological polar surface area (TPSA) is 79.0 Å². The van der Waals surface area contributed by atoms with Gasteiger partial charge in [-0.1, -0.05) is 12.1 Å². The lowest BCUT2D eigenvalue weighted by molar-refractivity contribution is -0.0322. The van der Waals surface area contributed by atoms with E-state index in [9.17, 15) is 10.2 Å². The fourth-order valence-corrected chi connectivity index (χ4v) is 2.63. The maximum atomic E-state index is 10.0. The van der Waals surface area contributed by atoms with Crippen LogP contribution in [0.5, 0.6) is 5.75 Å². The molecule has 0 radical (unpaired) electrons. The van der Waals surface area contributed by atoms with Crippen molar-refractivity contribution in [2.45, 2.75) is 31.5 Å². The number of aliphatic hydroxyl groups is 2. The molecule has 4 N–H and O–H groups in total. The van der Waals surface area contributed by atoms with Gasteiger partial charge in [-0.05, 0) is 38.4 Å². The van der Waals surface area contributed by atoms with E-state index < -0.39 is 11.7 Å². The number of piperidine rings is 1. The standard InChI is InChI=1S/C15H24N2O3/c1-15(19)7-4-8-17(11-15)9-12(18)10-20-14-6-3-2-5-13(14)16/h2-3,5-6,12,18-19H,4,7-11,16H2,1H3. The number of rotatable bonds is 5. The van der Waals surface area contributed by atoms with Gasteiger partial charge < -0.3 is 20.7 Å². The molecule has 0 amide bonds. The van der Waals surface area contributed by atoms with Gasteiger partial charge in [-0.3, -0.25) is 4.90 Å². The number of anilines is 1. The molecular formula is C15H24N2O3. The molecule has 1 aromatic rings. The Morgan fingerprint density at radius 1 is 1.45 bits per heavy atom. The Balaban J connectivity index is 1.78. The fraction of sp³-hybridized carbons (Fsp3) is 0.600. The summed E-state index contributed by atoms with van der Waals surface area (Å²) in [6.07, 6.45) is 1.17. The smallest absolute Gasteiger partial charge is 0.142 e. The number of nitrogens with zero attached hydrogens (tertiary/aromatic N) is 1. The fourth-order valence-electron chi connectivity index (χ4n) is 2.63. The van der Waals surface area contributed by atoms with Gasteiger partial charge >= 0.3 is 0 Å². The SMILES string of the molecule is CC1(O)CCCN(CC(O)COc2ccccc2N)C1. The number of β-amino-alcohol motifs (C(OH)–C–C–N with tert-alkyl or cyclic N) is 2. The summed E-state index contributed by atoms with van der Waals surface area (Å²) in [5.41, 5.74) is 5.70. The molecule has 1 aromatic carbocycles. The molecule has 1 fully saturated rings. The number of ether oxygens (including phenoxy) is 1. The first kappa shape index (κ1) is 15.1. The van der Waals surface area contributed by atoms with E-state index in [1.54, 1.807) is 12.1 Å². The number of aliphatic hydroxyl groups excluding tert-OH is 1. The molecule has 0 aliphatic carbocycles. The molecular weight excluding hydrogens is 256 g/mol. The second-order valence-corrected chi connectivity index (χ2v) is 5.84. The van der Waals surface area contributed by atoms with Crippen LogP contribution in [0.4, 0.5) is 5.69 Å². The summed E-state index contributed by atoms with van der Waals surface area (Å²) in [5, 5.41) is 20.1. The first-order valence-electron chi connectivity index (χ1n) is 7.06. The van der Waals surface area contributed by atoms with Crippen LogP contribution in [0.2, 0.25) is 0 Å². The van der Waals surface area contributed by atoms with Crippen LogP contribution in [0.15, 0.2) is 24.3 Å². The third-order valence-corrected chi connectivity index (χ3v) is 3.57. The van der Waals surface area contributed by atoms with Crippen molar-refractivity contribution in [1.29, 1.82) is 0 Å². The van der Waals surface area contributed by atoms with Gasteiger partial charge in [-0.25, -0.2) is 0 Å². The predicted octanol–water partition coefficient (Wildman–Crippen LogP) is 0.855. The predicted molar refractivity (Wildman–Crippen MR) is 78.7 cm³/mol. The lowest BCUT2D eigenvalue weighted by atomic mass is 9.95. The van der Waals surface area contributed by atoms with Crippen molar-refractivity contribution in [1.82, 2.24) is 4.90 Å². The number of para-hydroxylation sites is 2. The molecule has 1 saturated heterocycles. The van der Waals surface area contributed by atoms with Crippen LogP contribution in [0.1, 0.15) is 19.8 Å². The molecule has 112 valence electrons. The molecule has 2 atom stereocenters. The molecule has 1 heterocycles. The van der Waals surface area contributed by atoms with Gasteiger partial charge in [-0.15, -0.1) is 0 Å². The number of hydrogen-bond acceptors (Lipinski definition) is 5. The van der Waals surface area contributed by atoms with Crippen molar-refractivity contribution < 1.29 is 14.9 Å². The largest absolute Gasteiger partial charge is 0.489 e. The summed E-state index contributed by atoms with van der Waals surface area (Å²) in [4.78, 5) is 2.08. The second-order valence-electron chi connectivity index (χ2n) is 5.84. The van der Waals surface area contributed by atoms with Crippen LogP contribution in [0.25, 0.3) is 0 Å². The minimum absolute atomic E-state index is 0.201. The summed E-state index contributed by atoms with van der Waals surface area (Å²) < 4.78 is 5.53. The van der Waals surface area contributed by atoms with Crippen molar-refractivity contribution in [3.8, 4) is 5.75 Å². The average Bonchev–Trinajstić information content (AvgIpc) is 2.36. The van der Waals surface area contributed by atoms with Crippen molar-refractivity contribution >= 4 is 5.69 Å². The van der Waals surface area contributed by atoms with Crippen LogP contribution in [0, 0.1) is 0 Å². The zero-order valence-corrected chi connectivity index (χ0v) is 12.0. The Morgan fingerprint density at radius 2 is 2.20 bits per heavy atom. The normalized spacial score (nSPS) is 25.4. The highest BCUT2D eigenvalue weighted by molar-refractivity contribution is 5.51. The highest BCUT2D eigenvalue weighted by Crippen LogP contribution is 2.21. The Bertz CT molecular complexity index is 437. The van der Waals surface area contributed by atoms with E-state index in [1.807, 2.05) is 19.1 Å². The lowest BCUT2D eigenvalue weighted by Gasteiger charge is -2.37. The minimum atomic E-state index is -0.650. The molecule has 0 bridgehead atoms. The van der Waals surface area contributed by atoms with Crippen LogP contribution in [-0.2, 0) is 0 Å². The molecule has 0 saturated carbocycles. The molecule has 2 rings (SSSR count).